The second-order valence-corrected chi connectivity index (χ2v) is 4.30. The molecule has 0 saturated carbocycles. The van der Waals surface area contributed by atoms with Crippen molar-refractivity contribution in [1.82, 2.24) is 19.8 Å². The van der Waals surface area contributed by atoms with Gasteiger partial charge in [-0.15, -0.1) is 10.2 Å². The minimum absolute atomic E-state index is 0.0420. The molecular weight excluding hydrogens is 244 g/mol. The summed E-state index contributed by atoms with van der Waals surface area (Å²) in [4.78, 5) is 23.3. The fourth-order valence-electron chi connectivity index (χ4n) is 1.24. The Morgan fingerprint density at radius 1 is 1.47 bits per heavy atom. The van der Waals surface area contributed by atoms with Gasteiger partial charge in [0.25, 0.3) is 5.56 Å². The Balaban J connectivity index is 2.35. The highest BCUT2D eigenvalue weighted by atomic mass is 32.1. The van der Waals surface area contributed by atoms with Crippen molar-refractivity contribution in [2.45, 2.75) is 20.3 Å². The normalized spacial score (nSPS) is 10.7. The van der Waals surface area contributed by atoms with E-state index in [2.05, 4.69) is 15.3 Å². The molecule has 0 aliphatic heterocycles. The number of aryl methyl sites for hydroxylation is 1. The zero-order chi connectivity index (χ0) is 12.4. The van der Waals surface area contributed by atoms with E-state index in [1.807, 2.05) is 0 Å². The molecule has 0 spiro atoms. The fourth-order valence-corrected chi connectivity index (χ4v) is 2.05. The Kier molecular flexibility index (Phi) is 3.14. The zero-order valence-corrected chi connectivity index (χ0v) is 10.2. The standard InChI is InChI=1S/C9H10N4O3S/c1-3-16-7(14)4-6-12-13-8(15)5(2)10-11-9(13)17-6/h3-4H2,1-2H3. The van der Waals surface area contributed by atoms with E-state index in [1.54, 1.807) is 13.8 Å². The SMILES string of the molecule is CCOC(=O)Cc1nn2c(=O)c(C)nnc2s1. The molecule has 0 atom stereocenters. The number of hydrogen-bond donors (Lipinski definition) is 0. The Labute approximate surface area is 100 Å². The van der Waals surface area contributed by atoms with Gasteiger partial charge in [0.1, 0.15) is 10.7 Å². The molecule has 0 unspecified atom stereocenters. The van der Waals surface area contributed by atoms with Gasteiger partial charge in [0.15, 0.2) is 0 Å². The summed E-state index contributed by atoms with van der Waals surface area (Å²) in [7, 11) is 0. The smallest absolute Gasteiger partial charge is 0.312 e. The Bertz CT molecular complexity index is 618. The number of rotatable bonds is 3. The van der Waals surface area contributed by atoms with Crippen molar-refractivity contribution in [3.63, 3.8) is 0 Å². The number of fused-ring (bicyclic) bond motifs is 1. The second-order valence-electron chi connectivity index (χ2n) is 3.26. The third-order valence-electron chi connectivity index (χ3n) is 1.99. The molecule has 0 radical (unpaired) electrons. The van der Waals surface area contributed by atoms with Crippen molar-refractivity contribution in [1.29, 1.82) is 0 Å². The molecule has 0 bridgehead atoms. The number of carbonyl (C=O) groups excluding carboxylic acids is 1. The molecule has 17 heavy (non-hydrogen) atoms. The molecule has 2 aromatic rings. The van der Waals surface area contributed by atoms with E-state index >= 15 is 0 Å². The average molecular weight is 254 g/mol. The van der Waals surface area contributed by atoms with Crippen molar-refractivity contribution in [3.8, 4) is 0 Å². The largest absolute Gasteiger partial charge is 0.466 e. The van der Waals surface area contributed by atoms with Crippen LogP contribution in [0.2, 0.25) is 0 Å². The first-order chi connectivity index (χ1) is 8.11. The second kappa shape index (κ2) is 4.58. The molecule has 7 nitrogen and oxygen atoms in total. The van der Waals surface area contributed by atoms with Gasteiger partial charge in [-0.2, -0.15) is 9.61 Å². The number of nitrogens with zero attached hydrogens (tertiary/aromatic N) is 4. The van der Waals surface area contributed by atoms with Crippen molar-refractivity contribution >= 4 is 22.3 Å². The lowest BCUT2D eigenvalue weighted by Crippen LogP contribution is -2.19. The highest BCUT2D eigenvalue weighted by molar-refractivity contribution is 7.16. The van der Waals surface area contributed by atoms with Crippen LogP contribution in [-0.4, -0.2) is 32.4 Å². The van der Waals surface area contributed by atoms with Gasteiger partial charge in [-0.05, 0) is 13.8 Å². The Morgan fingerprint density at radius 2 is 2.24 bits per heavy atom. The molecule has 2 heterocycles. The highest BCUT2D eigenvalue weighted by Crippen LogP contribution is 2.11. The van der Waals surface area contributed by atoms with Gasteiger partial charge in [-0.3, -0.25) is 9.59 Å². The van der Waals surface area contributed by atoms with E-state index < -0.39 is 0 Å². The van der Waals surface area contributed by atoms with E-state index in [1.165, 1.54) is 0 Å². The van der Waals surface area contributed by atoms with Gasteiger partial charge in [0.2, 0.25) is 4.96 Å². The maximum Gasteiger partial charge on any atom is 0.312 e. The van der Waals surface area contributed by atoms with Crippen molar-refractivity contribution in [3.05, 3.63) is 21.1 Å². The van der Waals surface area contributed by atoms with Gasteiger partial charge in [0, 0.05) is 0 Å². The first-order valence-electron chi connectivity index (χ1n) is 4.99. The van der Waals surface area contributed by atoms with Gasteiger partial charge >= 0.3 is 5.97 Å². The van der Waals surface area contributed by atoms with Gasteiger partial charge < -0.3 is 4.74 Å². The minimum atomic E-state index is -0.371. The van der Waals surface area contributed by atoms with E-state index in [0.717, 1.165) is 15.9 Å². The van der Waals surface area contributed by atoms with Crippen molar-refractivity contribution in [2.75, 3.05) is 6.61 Å². The number of ether oxygens (including phenoxy) is 1. The van der Waals surface area contributed by atoms with E-state index in [9.17, 15) is 9.59 Å². The maximum atomic E-state index is 11.6. The van der Waals surface area contributed by atoms with Crippen LogP contribution in [0.3, 0.4) is 0 Å². The summed E-state index contributed by atoms with van der Waals surface area (Å²) < 4.78 is 5.95. The van der Waals surface area contributed by atoms with Crippen LogP contribution in [0.4, 0.5) is 0 Å². The van der Waals surface area contributed by atoms with E-state index in [4.69, 9.17) is 4.74 Å². The molecule has 2 rings (SSSR count). The van der Waals surface area contributed by atoms with Crippen LogP contribution in [0.25, 0.3) is 4.96 Å². The first kappa shape index (κ1) is 11.6. The van der Waals surface area contributed by atoms with Crippen molar-refractivity contribution < 1.29 is 9.53 Å². The number of esters is 1. The molecule has 0 amide bonds. The van der Waals surface area contributed by atoms with Gasteiger partial charge in [0.05, 0.1) is 13.0 Å². The summed E-state index contributed by atoms with van der Waals surface area (Å²) in [5.74, 6) is -0.371. The summed E-state index contributed by atoms with van der Waals surface area (Å²) in [6, 6.07) is 0. The lowest BCUT2D eigenvalue weighted by atomic mass is 10.5. The lowest BCUT2D eigenvalue weighted by Gasteiger charge is -1.96. The summed E-state index contributed by atoms with van der Waals surface area (Å²) in [6.07, 6.45) is 0.0420. The van der Waals surface area contributed by atoms with Crippen LogP contribution in [-0.2, 0) is 16.0 Å². The Hall–Kier alpha value is -1.83. The minimum Gasteiger partial charge on any atom is -0.466 e. The van der Waals surface area contributed by atoms with E-state index in [0.29, 0.717) is 16.6 Å². The summed E-state index contributed by atoms with van der Waals surface area (Å²) in [5, 5.41) is 12.0. The molecule has 2 aromatic heterocycles. The molecule has 8 heteroatoms. The van der Waals surface area contributed by atoms with Crippen LogP contribution in [0, 0.1) is 6.92 Å². The molecule has 0 saturated heterocycles. The molecule has 0 aliphatic rings. The number of carbonyl (C=O) groups is 1. The van der Waals surface area contributed by atoms with Gasteiger partial charge in [-0.1, -0.05) is 11.3 Å². The summed E-state index contributed by atoms with van der Waals surface area (Å²) in [5.41, 5.74) is -0.0446. The Morgan fingerprint density at radius 3 is 2.94 bits per heavy atom. The van der Waals surface area contributed by atoms with Crippen LogP contribution in [0.15, 0.2) is 4.79 Å². The van der Waals surface area contributed by atoms with E-state index in [-0.39, 0.29) is 23.6 Å². The number of hydrogen-bond acceptors (Lipinski definition) is 7. The van der Waals surface area contributed by atoms with Gasteiger partial charge in [-0.25, -0.2) is 0 Å². The highest BCUT2D eigenvalue weighted by Gasteiger charge is 2.12. The zero-order valence-electron chi connectivity index (χ0n) is 9.34. The van der Waals surface area contributed by atoms with Crippen LogP contribution < -0.4 is 5.56 Å². The first-order valence-corrected chi connectivity index (χ1v) is 5.81. The summed E-state index contributed by atoms with van der Waals surface area (Å²) >= 11 is 1.15. The van der Waals surface area contributed by atoms with Crippen LogP contribution in [0.5, 0.6) is 0 Å². The predicted octanol–water partition coefficient (Wildman–Crippen LogP) is -0.0400. The maximum absolute atomic E-state index is 11.6. The average Bonchev–Trinajstić information content (AvgIpc) is 2.67. The van der Waals surface area contributed by atoms with Crippen LogP contribution in [0.1, 0.15) is 17.6 Å². The molecule has 0 fully saturated rings. The molecule has 90 valence electrons. The molecular formula is C9H10N4O3S. The van der Waals surface area contributed by atoms with Crippen molar-refractivity contribution in [2.24, 2.45) is 0 Å². The van der Waals surface area contributed by atoms with Crippen LogP contribution >= 0.6 is 11.3 Å². The quantitative estimate of drug-likeness (QED) is 0.714. The third kappa shape index (κ3) is 2.31. The molecule has 0 aliphatic carbocycles. The topological polar surface area (TPSA) is 86.5 Å². The molecule has 0 aromatic carbocycles. The predicted molar refractivity (Wildman–Crippen MR) is 60.0 cm³/mol. The lowest BCUT2D eigenvalue weighted by molar-refractivity contribution is -0.142. The third-order valence-corrected chi connectivity index (χ3v) is 2.89. The summed E-state index contributed by atoms with van der Waals surface area (Å²) in [6.45, 7) is 3.62. The monoisotopic (exact) mass is 254 g/mol. The number of aromatic nitrogens is 4. The fraction of sp³-hybridized carbons (Fsp3) is 0.444. The molecule has 0 N–H and O–H groups in total.